The van der Waals surface area contributed by atoms with Gasteiger partial charge in [-0.3, -0.25) is 19.2 Å². The molecule has 1 unspecified atom stereocenters. The molecule has 1 aliphatic rings. The Morgan fingerprint density at radius 2 is 1.53 bits per heavy atom. The van der Waals surface area contributed by atoms with Gasteiger partial charge < -0.3 is 25.6 Å². The third kappa shape index (κ3) is 8.98. The van der Waals surface area contributed by atoms with E-state index in [0.717, 1.165) is 32.3 Å². The Kier molecular flexibility index (Phi) is 11.9. The van der Waals surface area contributed by atoms with Crippen LogP contribution in [0, 0.1) is 0 Å². The zero-order chi connectivity index (χ0) is 39.9. The van der Waals surface area contributed by atoms with Crippen LogP contribution in [0.5, 0.6) is 0 Å². The fourth-order valence-electron chi connectivity index (χ4n) is 6.61. The van der Waals surface area contributed by atoms with Crippen molar-refractivity contribution in [1.82, 2.24) is 10.2 Å². The number of amides is 4. The minimum absolute atomic E-state index is 0.0475. The summed E-state index contributed by atoms with van der Waals surface area (Å²) < 4.78 is 5.12. The van der Waals surface area contributed by atoms with Crippen LogP contribution in [0.2, 0.25) is 0 Å². The molecule has 286 valence electrons. The van der Waals surface area contributed by atoms with Crippen molar-refractivity contribution in [3.05, 3.63) is 166 Å². The van der Waals surface area contributed by atoms with Gasteiger partial charge in [0, 0.05) is 34.5 Å². The van der Waals surface area contributed by atoms with E-state index in [2.05, 4.69) is 16.0 Å². The molecule has 0 fully saturated rings. The SMILES string of the molecule is COC(=O)c1c(NC(=O)C(Sc2cccc(NC(=O)/C(=C\c3cccc4ccccc34)NC(=O)c3ccccc3)c2)c2ccccc2)sc2c1CCN(C(C)=O)C2. The maximum absolute atomic E-state index is 14.2. The Hall–Kier alpha value is -6.50. The summed E-state index contributed by atoms with van der Waals surface area (Å²) in [4.78, 5) is 70.0. The number of hydrogen-bond donors (Lipinski definition) is 3. The van der Waals surface area contributed by atoms with Gasteiger partial charge in [-0.25, -0.2) is 4.79 Å². The maximum atomic E-state index is 14.2. The first-order valence-corrected chi connectivity index (χ1v) is 19.9. The van der Waals surface area contributed by atoms with E-state index in [4.69, 9.17) is 4.74 Å². The molecule has 57 heavy (non-hydrogen) atoms. The molecule has 0 saturated heterocycles. The first-order chi connectivity index (χ1) is 27.7. The zero-order valence-electron chi connectivity index (χ0n) is 31.1. The predicted molar refractivity (Wildman–Crippen MR) is 225 cm³/mol. The number of methoxy groups -OCH3 is 1. The molecule has 10 nitrogen and oxygen atoms in total. The lowest BCUT2D eigenvalue weighted by Gasteiger charge is -2.25. The quantitative estimate of drug-likeness (QED) is 0.0681. The summed E-state index contributed by atoms with van der Waals surface area (Å²) in [5.74, 6) is -1.95. The van der Waals surface area contributed by atoms with Crippen LogP contribution in [0.4, 0.5) is 10.7 Å². The molecule has 1 aliphatic heterocycles. The summed E-state index contributed by atoms with van der Waals surface area (Å²) in [7, 11) is 1.30. The number of ether oxygens (including phenoxy) is 1. The normalized spacial score (nSPS) is 12.9. The molecule has 5 aromatic carbocycles. The third-order valence-corrected chi connectivity index (χ3v) is 11.8. The molecule has 7 rings (SSSR count). The van der Waals surface area contributed by atoms with Crippen molar-refractivity contribution in [2.24, 2.45) is 0 Å². The average Bonchev–Trinajstić information content (AvgIpc) is 3.60. The molecule has 1 atom stereocenters. The predicted octanol–water partition coefficient (Wildman–Crippen LogP) is 8.47. The van der Waals surface area contributed by atoms with Crippen LogP contribution in [0.3, 0.4) is 0 Å². The molecular formula is C45H38N4O6S2. The lowest BCUT2D eigenvalue weighted by molar-refractivity contribution is -0.129. The molecular weight excluding hydrogens is 757 g/mol. The van der Waals surface area contributed by atoms with Gasteiger partial charge in [0.2, 0.25) is 11.8 Å². The number of carbonyl (C=O) groups is 5. The van der Waals surface area contributed by atoms with Crippen molar-refractivity contribution in [2.75, 3.05) is 24.3 Å². The number of benzene rings is 5. The molecule has 0 bridgehead atoms. The molecule has 0 spiro atoms. The number of nitrogens with one attached hydrogen (secondary N) is 3. The van der Waals surface area contributed by atoms with Gasteiger partial charge in [0.1, 0.15) is 15.9 Å². The van der Waals surface area contributed by atoms with E-state index in [-0.39, 0.29) is 17.5 Å². The molecule has 12 heteroatoms. The van der Waals surface area contributed by atoms with Gasteiger partial charge in [-0.1, -0.05) is 97.1 Å². The smallest absolute Gasteiger partial charge is 0.341 e. The maximum Gasteiger partial charge on any atom is 0.341 e. The fraction of sp³-hybridized carbons (Fsp3) is 0.133. The van der Waals surface area contributed by atoms with Gasteiger partial charge in [0.05, 0.1) is 19.2 Å². The standard InChI is InChI=1S/C45H38N4O6S2/c1-28(50)49-24-23-36-38(27-49)57-44(39(36)45(54)55-2)48-43(53)40(30-14-5-3-6-15-30)56-34-21-12-20-33(26-34)46-42(52)37(47-41(51)31-16-7-4-8-17-31)25-32-19-11-18-29-13-9-10-22-35(29)32/h3-22,25-26,40H,23-24,27H2,1-2H3,(H,46,52)(H,47,51)(H,48,53)/b37-25+. The van der Waals surface area contributed by atoms with Gasteiger partial charge in [0.25, 0.3) is 11.8 Å². The van der Waals surface area contributed by atoms with E-state index in [0.29, 0.717) is 46.2 Å². The minimum atomic E-state index is -0.762. The second-order valence-electron chi connectivity index (χ2n) is 13.2. The number of esters is 1. The highest BCUT2D eigenvalue weighted by molar-refractivity contribution is 8.00. The van der Waals surface area contributed by atoms with Crippen LogP contribution in [-0.4, -0.2) is 48.2 Å². The average molecular weight is 795 g/mol. The molecule has 0 radical (unpaired) electrons. The highest BCUT2D eigenvalue weighted by Gasteiger charge is 2.32. The van der Waals surface area contributed by atoms with E-state index in [1.807, 2.05) is 84.9 Å². The van der Waals surface area contributed by atoms with Crippen LogP contribution >= 0.6 is 23.1 Å². The monoisotopic (exact) mass is 794 g/mol. The number of anilines is 2. The van der Waals surface area contributed by atoms with E-state index >= 15 is 0 Å². The first kappa shape index (κ1) is 38.8. The zero-order valence-corrected chi connectivity index (χ0v) is 32.7. The van der Waals surface area contributed by atoms with Crippen molar-refractivity contribution in [3.63, 3.8) is 0 Å². The Morgan fingerprint density at radius 3 is 2.28 bits per heavy atom. The summed E-state index contributed by atoms with van der Waals surface area (Å²) in [6.45, 7) is 2.32. The Balaban J connectivity index is 1.16. The van der Waals surface area contributed by atoms with Crippen molar-refractivity contribution in [1.29, 1.82) is 0 Å². The van der Waals surface area contributed by atoms with Crippen LogP contribution in [0.1, 0.15) is 54.5 Å². The molecule has 0 aliphatic carbocycles. The van der Waals surface area contributed by atoms with Gasteiger partial charge in [0.15, 0.2) is 0 Å². The molecule has 0 saturated carbocycles. The minimum Gasteiger partial charge on any atom is -0.465 e. The number of hydrogen-bond acceptors (Lipinski definition) is 8. The fourth-order valence-corrected chi connectivity index (χ4v) is 8.95. The molecule has 6 aromatic rings. The van der Waals surface area contributed by atoms with Crippen molar-refractivity contribution < 1.29 is 28.7 Å². The van der Waals surface area contributed by atoms with Crippen LogP contribution in [-0.2, 0) is 32.1 Å². The molecule has 1 aromatic heterocycles. The summed E-state index contributed by atoms with van der Waals surface area (Å²) in [5, 5.41) is 10.3. The topological polar surface area (TPSA) is 134 Å². The van der Waals surface area contributed by atoms with Crippen molar-refractivity contribution in [3.8, 4) is 0 Å². The van der Waals surface area contributed by atoms with Crippen LogP contribution in [0.25, 0.3) is 16.8 Å². The molecule has 4 amide bonds. The van der Waals surface area contributed by atoms with E-state index in [9.17, 15) is 24.0 Å². The van der Waals surface area contributed by atoms with Gasteiger partial charge >= 0.3 is 5.97 Å². The summed E-state index contributed by atoms with van der Waals surface area (Å²) >= 11 is 2.55. The van der Waals surface area contributed by atoms with Gasteiger partial charge in [-0.2, -0.15) is 0 Å². The summed E-state index contributed by atoms with van der Waals surface area (Å²) in [6, 6.07) is 38.6. The summed E-state index contributed by atoms with van der Waals surface area (Å²) in [5.41, 5.74) is 3.46. The van der Waals surface area contributed by atoms with E-state index in [1.54, 1.807) is 53.4 Å². The van der Waals surface area contributed by atoms with Crippen LogP contribution in [0.15, 0.2) is 138 Å². The number of nitrogens with zero attached hydrogens (tertiary/aromatic N) is 1. The number of thioether (sulfide) groups is 1. The second-order valence-corrected chi connectivity index (χ2v) is 15.5. The first-order valence-electron chi connectivity index (χ1n) is 18.2. The third-order valence-electron chi connectivity index (χ3n) is 9.47. The number of thiophene rings is 1. The van der Waals surface area contributed by atoms with E-state index in [1.165, 1.54) is 37.1 Å². The lowest BCUT2D eigenvalue weighted by atomic mass is 10.0. The van der Waals surface area contributed by atoms with Gasteiger partial charge in [-0.15, -0.1) is 23.1 Å². The summed E-state index contributed by atoms with van der Waals surface area (Å²) in [6.07, 6.45) is 2.13. The second kappa shape index (κ2) is 17.5. The van der Waals surface area contributed by atoms with E-state index < -0.39 is 23.0 Å². The number of carbonyl (C=O) groups excluding carboxylic acids is 5. The Bertz CT molecular complexity index is 2510. The van der Waals surface area contributed by atoms with Crippen LogP contribution < -0.4 is 16.0 Å². The number of fused-ring (bicyclic) bond motifs is 2. The van der Waals surface area contributed by atoms with Crippen molar-refractivity contribution >= 4 is 80.2 Å². The highest BCUT2D eigenvalue weighted by atomic mass is 32.2. The lowest BCUT2D eigenvalue weighted by Crippen LogP contribution is -2.33. The Morgan fingerprint density at radius 1 is 0.825 bits per heavy atom. The molecule has 3 N–H and O–H groups in total. The van der Waals surface area contributed by atoms with Crippen molar-refractivity contribution in [2.45, 2.75) is 30.0 Å². The highest BCUT2D eigenvalue weighted by Crippen LogP contribution is 2.41. The Labute approximate surface area is 337 Å². The number of rotatable bonds is 11. The van der Waals surface area contributed by atoms with Gasteiger partial charge in [-0.05, 0) is 70.3 Å². The largest absolute Gasteiger partial charge is 0.465 e. The molecule has 2 heterocycles.